The number of anilines is 1. The highest BCUT2D eigenvalue weighted by Crippen LogP contribution is 2.33. The van der Waals surface area contributed by atoms with Crippen LogP contribution in [0.2, 0.25) is 10.0 Å². The fraction of sp³-hybridized carbons (Fsp3) is 0.0588. The van der Waals surface area contributed by atoms with Crippen LogP contribution < -0.4 is 5.32 Å². The van der Waals surface area contributed by atoms with Gasteiger partial charge in [-0.3, -0.25) is 4.79 Å². The molecule has 3 nitrogen and oxygen atoms in total. The zero-order valence-electron chi connectivity index (χ0n) is 12.3. The number of benzene rings is 2. The van der Waals surface area contributed by atoms with Crippen molar-refractivity contribution in [3.63, 3.8) is 0 Å². The third kappa shape index (κ3) is 4.40. The Kier molecular flexibility index (Phi) is 6.47. The van der Waals surface area contributed by atoms with Crippen LogP contribution in [-0.4, -0.2) is 5.91 Å². The van der Waals surface area contributed by atoms with Gasteiger partial charge >= 0.3 is 0 Å². The second-order valence-electron chi connectivity index (χ2n) is 4.87. The van der Waals surface area contributed by atoms with Gasteiger partial charge in [-0.25, -0.2) is 0 Å². The minimum atomic E-state index is -0.543. The van der Waals surface area contributed by atoms with Crippen molar-refractivity contribution in [1.29, 1.82) is 5.26 Å². The summed E-state index contributed by atoms with van der Waals surface area (Å²) in [5, 5.41) is 12.7. The van der Waals surface area contributed by atoms with E-state index in [4.69, 9.17) is 23.2 Å². The van der Waals surface area contributed by atoms with Crippen LogP contribution in [0.4, 0.5) is 5.69 Å². The van der Waals surface area contributed by atoms with E-state index in [0.29, 0.717) is 25.2 Å². The molecule has 2 rings (SSSR count). The van der Waals surface area contributed by atoms with Gasteiger partial charge in [0, 0.05) is 8.95 Å². The lowest BCUT2D eigenvalue weighted by molar-refractivity contribution is -0.112. The Bertz CT molecular complexity index is 866. The van der Waals surface area contributed by atoms with E-state index in [0.717, 1.165) is 5.56 Å². The van der Waals surface area contributed by atoms with Gasteiger partial charge in [0.25, 0.3) is 5.91 Å². The zero-order chi connectivity index (χ0) is 17.9. The molecule has 24 heavy (non-hydrogen) atoms. The van der Waals surface area contributed by atoms with Gasteiger partial charge in [0.05, 0.1) is 15.7 Å². The lowest BCUT2D eigenvalue weighted by Crippen LogP contribution is -2.14. The van der Waals surface area contributed by atoms with Crippen molar-refractivity contribution in [1.82, 2.24) is 0 Å². The van der Waals surface area contributed by atoms with Crippen LogP contribution in [0.1, 0.15) is 11.1 Å². The number of hydrogen-bond acceptors (Lipinski definition) is 2. The summed E-state index contributed by atoms with van der Waals surface area (Å²) in [6.45, 7) is 1.93. The summed E-state index contributed by atoms with van der Waals surface area (Å²) < 4.78 is 1.42. The molecule has 0 saturated heterocycles. The smallest absolute Gasteiger partial charge is 0.266 e. The predicted molar refractivity (Wildman–Crippen MR) is 105 cm³/mol. The monoisotopic (exact) mass is 486 g/mol. The lowest BCUT2D eigenvalue weighted by atomic mass is 10.1. The summed E-state index contributed by atoms with van der Waals surface area (Å²) in [6, 6.07) is 10.6. The molecule has 0 aromatic heterocycles. The van der Waals surface area contributed by atoms with E-state index >= 15 is 0 Å². The topological polar surface area (TPSA) is 52.9 Å². The van der Waals surface area contributed by atoms with Gasteiger partial charge in [0.15, 0.2) is 0 Å². The maximum atomic E-state index is 12.4. The van der Waals surface area contributed by atoms with Crippen molar-refractivity contribution in [3.8, 4) is 6.07 Å². The highest BCUT2D eigenvalue weighted by atomic mass is 79.9. The molecule has 0 unspecified atom stereocenters. The summed E-state index contributed by atoms with van der Waals surface area (Å²) in [6.07, 6.45) is 1.40. The van der Waals surface area contributed by atoms with E-state index in [1.165, 1.54) is 6.08 Å². The Morgan fingerprint density at radius 3 is 2.46 bits per heavy atom. The van der Waals surface area contributed by atoms with Gasteiger partial charge in [0.2, 0.25) is 0 Å². The van der Waals surface area contributed by atoms with Crippen molar-refractivity contribution in [2.45, 2.75) is 6.92 Å². The SMILES string of the molecule is Cc1cc(Br)c(NC(=O)/C(C#N)=C/c2cccc(Cl)c2Cl)c(Br)c1. The number of nitriles is 1. The number of carbonyl (C=O) groups excluding carboxylic acids is 1. The summed E-state index contributed by atoms with van der Waals surface area (Å²) in [4.78, 5) is 12.4. The molecular weight excluding hydrogens is 479 g/mol. The minimum absolute atomic E-state index is 0.0847. The number of nitrogens with one attached hydrogen (secondary N) is 1. The summed E-state index contributed by atoms with van der Waals surface area (Å²) in [7, 11) is 0. The molecule has 0 saturated carbocycles. The Morgan fingerprint density at radius 2 is 1.88 bits per heavy atom. The van der Waals surface area contributed by atoms with Crippen LogP contribution >= 0.6 is 55.1 Å². The Balaban J connectivity index is 2.36. The maximum Gasteiger partial charge on any atom is 0.266 e. The van der Waals surface area contributed by atoms with Gasteiger partial charge in [-0.1, -0.05) is 35.3 Å². The first-order valence-electron chi connectivity index (χ1n) is 6.66. The number of aryl methyl sites for hydroxylation is 1. The van der Waals surface area contributed by atoms with Crippen molar-refractivity contribution in [2.24, 2.45) is 0 Å². The van der Waals surface area contributed by atoms with Gasteiger partial charge < -0.3 is 5.32 Å². The molecule has 1 N–H and O–H groups in total. The van der Waals surface area contributed by atoms with E-state index in [2.05, 4.69) is 37.2 Å². The second-order valence-corrected chi connectivity index (χ2v) is 7.36. The molecule has 7 heteroatoms. The van der Waals surface area contributed by atoms with Crippen LogP contribution in [0.15, 0.2) is 44.9 Å². The largest absolute Gasteiger partial charge is 0.319 e. The molecule has 0 atom stereocenters. The Hall–Kier alpha value is -1.32. The molecule has 0 bridgehead atoms. The summed E-state index contributed by atoms with van der Waals surface area (Å²) in [5.41, 5.74) is 1.98. The zero-order valence-corrected chi connectivity index (χ0v) is 17.0. The van der Waals surface area contributed by atoms with Crippen LogP contribution in [-0.2, 0) is 4.79 Å². The fourth-order valence-electron chi connectivity index (χ4n) is 1.94. The molecule has 0 heterocycles. The first-order valence-corrected chi connectivity index (χ1v) is 9.00. The fourth-order valence-corrected chi connectivity index (χ4v) is 3.91. The molecule has 0 radical (unpaired) electrons. The van der Waals surface area contributed by atoms with Crippen molar-refractivity contribution < 1.29 is 4.79 Å². The minimum Gasteiger partial charge on any atom is -0.319 e. The Morgan fingerprint density at radius 1 is 1.25 bits per heavy atom. The maximum absolute atomic E-state index is 12.4. The van der Waals surface area contributed by atoms with Crippen LogP contribution in [0.3, 0.4) is 0 Å². The van der Waals surface area contributed by atoms with Crippen molar-refractivity contribution in [3.05, 3.63) is 66.0 Å². The van der Waals surface area contributed by atoms with Crippen LogP contribution in [0, 0.1) is 18.3 Å². The molecule has 0 aliphatic carbocycles. The van der Waals surface area contributed by atoms with E-state index < -0.39 is 5.91 Å². The van der Waals surface area contributed by atoms with Crippen molar-refractivity contribution in [2.75, 3.05) is 5.32 Å². The van der Waals surface area contributed by atoms with Gasteiger partial charge in [-0.15, -0.1) is 0 Å². The average Bonchev–Trinajstić information content (AvgIpc) is 2.52. The molecule has 0 aliphatic heterocycles. The summed E-state index contributed by atoms with van der Waals surface area (Å²) >= 11 is 18.8. The van der Waals surface area contributed by atoms with Crippen LogP contribution in [0.25, 0.3) is 6.08 Å². The summed E-state index contributed by atoms with van der Waals surface area (Å²) in [5.74, 6) is -0.543. The highest BCUT2D eigenvalue weighted by Gasteiger charge is 2.15. The molecular formula is C17H10Br2Cl2N2O. The molecule has 2 aromatic carbocycles. The normalized spacial score (nSPS) is 11.1. The standard InChI is InChI=1S/C17H10Br2Cl2N2O/c1-9-5-12(18)16(13(19)6-9)23-17(24)11(8-22)7-10-3-2-4-14(20)15(10)21/h2-7H,1H3,(H,23,24)/b11-7+. The van der Waals surface area contributed by atoms with Gasteiger partial charge in [-0.2, -0.15) is 5.26 Å². The molecule has 0 spiro atoms. The second kappa shape index (κ2) is 8.17. The van der Waals surface area contributed by atoms with Crippen LogP contribution in [0.5, 0.6) is 0 Å². The third-order valence-corrected chi connectivity index (χ3v) is 5.16. The number of hydrogen-bond donors (Lipinski definition) is 1. The highest BCUT2D eigenvalue weighted by molar-refractivity contribution is 9.11. The van der Waals surface area contributed by atoms with E-state index in [1.54, 1.807) is 18.2 Å². The first kappa shape index (κ1) is 19.0. The van der Waals surface area contributed by atoms with E-state index in [-0.39, 0.29) is 10.6 Å². The number of rotatable bonds is 3. The van der Waals surface area contributed by atoms with Gasteiger partial charge in [-0.05, 0) is 74.2 Å². The van der Waals surface area contributed by atoms with Crippen molar-refractivity contribution >= 4 is 72.7 Å². The van der Waals surface area contributed by atoms with E-state index in [9.17, 15) is 10.1 Å². The predicted octanol–water partition coefficient (Wildman–Crippen LogP) is 6.37. The molecule has 0 fully saturated rings. The number of carbonyl (C=O) groups is 1. The lowest BCUT2D eigenvalue weighted by Gasteiger charge is -2.10. The molecule has 2 aromatic rings. The first-order chi connectivity index (χ1) is 11.3. The molecule has 0 aliphatic rings. The molecule has 1 amide bonds. The quantitative estimate of drug-likeness (QED) is 0.403. The van der Waals surface area contributed by atoms with E-state index in [1.807, 2.05) is 25.1 Å². The average molecular weight is 489 g/mol. The molecule has 122 valence electrons. The number of nitrogens with zero attached hydrogens (tertiary/aromatic N) is 1. The number of halogens is 4. The third-order valence-electron chi connectivity index (χ3n) is 3.07. The van der Waals surface area contributed by atoms with Gasteiger partial charge in [0.1, 0.15) is 11.6 Å². The number of amides is 1. The Labute approximate surface area is 166 Å².